The van der Waals surface area contributed by atoms with Gasteiger partial charge in [-0.2, -0.15) is 0 Å². The first-order chi connectivity index (χ1) is 9.40. The molecule has 110 valence electrons. The predicted molar refractivity (Wildman–Crippen MR) is 80.1 cm³/mol. The summed E-state index contributed by atoms with van der Waals surface area (Å²) in [7, 11) is -3.05. The highest BCUT2D eigenvalue weighted by atomic mass is 32.2. The van der Waals surface area contributed by atoms with E-state index in [-0.39, 0.29) is 17.7 Å². The van der Waals surface area contributed by atoms with Crippen molar-refractivity contribution in [3.8, 4) is 0 Å². The van der Waals surface area contributed by atoms with Crippen LogP contribution in [0, 0.1) is 0 Å². The Morgan fingerprint density at radius 1 is 1.35 bits per heavy atom. The van der Waals surface area contributed by atoms with E-state index in [0.717, 1.165) is 17.7 Å². The van der Waals surface area contributed by atoms with Crippen LogP contribution in [0.25, 0.3) is 0 Å². The minimum atomic E-state index is -3.05. The van der Waals surface area contributed by atoms with Crippen LogP contribution in [0.3, 0.4) is 0 Å². The number of thiophene rings is 1. The van der Waals surface area contributed by atoms with Gasteiger partial charge in [-0.25, -0.2) is 8.42 Å². The van der Waals surface area contributed by atoms with E-state index in [4.69, 9.17) is 0 Å². The fourth-order valence-corrected chi connectivity index (χ4v) is 5.81. The Kier molecular flexibility index (Phi) is 3.41. The molecule has 0 bridgehead atoms. The number of rotatable bonds is 1. The molecular formula is C14H19NO3S2. The summed E-state index contributed by atoms with van der Waals surface area (Å²) in [6.07, 6.45) is 3.33. The fourth-order valence-electron chi connectivity index (χ4n) is 3.03. The molecular weight excluding hydrogens is 294 g/mol. The first-order valence-corrected chi connectivity index (χ1v) is 9.57. The zero-order valence-electron chi connectivity index (χ0n) is 11.8. The number of nitrogens with zero attached hydrogens (tertiary/aromatic N) is 1. The third kappa shape index (κ3) is 2.19. The zero-order valence-corrected chi connectivity index (χ0v) is 13.4. The van der Waals surface area contributed by atoms with Crippen LogP contribution in [0.4, 0.5) is 0 Å². The van der Waals surface area contributed by atoms with Crippen LogP contribution in [0.1, 0.15) is 40.4 Å². The average molecular weight is 313 g/mol. The number of hydrogen-bond donors (Lipinski definition) is 0. The molecule has 0 N–H and O–H groups in total. The topological polar surface area (TPSA) is 54.5 Å². The minimum Gasteiger partial charge on any atom is -0.333 e. The lowest BCUT2D eigenvalue weighted by Crippen LogP contribution is -2.54. The van der Waals surface area contributed by atoms with E-state index in [0.29, 0.717) is 6.54 Å². The molecule has 3 rings (SSSR count). The average Bonchev–Trinajstić information content (AvgIpc) is 2.96. The summed E-state index contributed by atoms with van der Waals surface area (Å²) in [6, 6.07) is 1.76. The quantitative estimate of drug-likeness (QED) is 0.795. The highest BCUT2D eigenvalue weighted by Gasteiger charge is 2.38. The number of aryl methyl sites for hydroxylation is 2. The largest absolute Gasteiger partial charge is 0.333 e. The first-order valence-electron chi connectivity index (χ1n) is 7.04. The van der Waals surface area contributed by atoms with Gasteiger partial charge in [-0.3, -0.25) is 4.79 Å². The van der Waals surface area contributed by atoms with Crippen molar-refractivity contribution in [2.75, 3.05) is 12.3 Å². The number of amides is 1. The van der Waals surface area contributed by atoms with E-state index < -0.39 is 15.1 Å². The standard InChI is InChI=1S/C14H19NO3S2/c1-9-10(2)20(17,18)7-6-15(9)14(16)13-8-11-4-3-5-12(11)19-13/h8-10H,3-7H2,1-2H3/t9-,10-/m0/s1. The maximum absolute atomic E-state index is 12.6. The van der Waals surface area contributed by atoms with Gasteiger partial charge < -0.3 is 4.90 Å². The molecule has 1 fully saturated rings. The molecule has 1 aliphatic carbocycles. The molecule has 1 aromatic heterocycles. The number of hydrogen-bond acceptors (Lipinski definition) is 4. The highest BCUT2D eigenvalue weighted by molar-refractivity contribution is 7.92. The third-order valence-corrected chi connectivity index (χ3v) is 8.08. The van der Waals surface area contributed by atoms with Gasteiger partial charge in [0.05, 0.1) is 15.9 Å². The van der Waals surface area contributed by atoms with Gasteiger partial charge in [0, 0.05) is 17.5 Å². The van der Waals surface area contributed by atoms with E-state index in [2.05, 4.69) is 0 Å². The van der Waals surface area contributed by atoms with Gasteiger partial charge in [-0.1, -0.05) is 0 Å². The highest BCUT2D eigenvalue weighted by Crippen LogP contribution is 2.32. The Bertz CT molecular complexity index is 626. The Labute approximate surface area is 123 Å². The molecule has 2 heterocycles. The monoisotopic (exact) mass is 313 g/mol. The lowest BCUT2D eigenvalue weighted by Gasteiger charge is -2.37. The van der Waals surface area contributed by atoms with Crippen LogP contribution in [-0.2, 0) is 22.7 Å². The van der Waals surface area contributed by atoms with Crippen molar-refractivity contribution < 1.29 is 13.2 Å². The Balaban J connectivity index is 1.83. The Morgan fingerprint density at radius 3 is 2.80 bits per heavy atom. The Hall–Kier alpha value is -0.880. The Morgan fingerprint density at radius 2 is 2.10 bits per heavy atom. The van der Waals surface area contributed by atoms with Gasteiger partial charge in [-0.15, -0.1) is 11.3 Å². The molecule has 6 heteroatoms. The lowest BCUT2D eigenvalue weighted by molar-refractivity contribution is 0.0698. The van der Waals surface area contributed by atoms with Crippen molar-refractivity contribution in [3.05, 3.63) is 21.4 Å². The molecule has 1 aliphatic heterocycles. The van der Waals surface area contributed by atoms with Crippen LogP contribution in [0.15, 0.2) is 6.07 Å². The van der Waals surface area contributed by atoms with Gasteiger partial charge in [0.1, 0.15) is 0 Å². The molecule has 0 unspecified atom stereocenters. The van der Waals surface area contributed by atoms with Gasteiger partial charge in [0.25, 0.3) is 5.91 Å². The molecule has 1 amide bonds. The third-order valence-electron chi connectivity index (χ3n) is 4.57. The first kappa shape index (κ1) is 14.1. The van der Waals surface area contributed by atoms with Crippen molar-refractivity contribution in [1.82, 2.24) is 4.90 Å². The summed E-state index contributed by atoms with van der Waals surface area (Å²) in [5.41, 5.74) is 1.31. The van der Waals surface area contributed by atoms with Gasteiger partial charge in [0.2, 0.25) is 0 Å². The second-order valence-electron chi connectivity index (χ2n) is 5.72. The molecule has 2 aliphatic rings. The maximum Gasteiger partial charge on any atom is 0.264 e. The number of sulfone groups is 1. The van der Waals surface area contributed by atoms with Gasteiger partial charge in [0.15, 0.2) is 9.84 Å². The zero-order chi connectivity index (χ0) is 14.5. The van der Waals surface area contributed by atoms with E-state index in [1.54, 1.807) is 23.2 Å². The minimum absolute atomic E-state index is 0.00125. The second-order valence-corrected chi connectivity index (χ2v) is 9.34. The number of fused-ring (bicyclic) bond motifs is 1. The molecule has 0 radical (unpaired) electrons. The van der Waals surface area contributed by atoms with Gasteiger partial charge >= 0.3 is 0 Å². The summed E-state index contributed by atoms with van der Waals surface area (Å²) in [6.45, 7) is 3.85. The normalized spacial score (nSPS) is 28.4. The fraction of sp³-hybridized carbons (Fsp3) is 0.643. The SMILES string of the molecule is C[C@H]1[C@H](C)S(=O)(=O)CCN1C(=O)c1cc2c(s1)CCC2. The van der Waals surface area contributed by atoms with E-state index in [9.17, 15) is 13.2 Å². The number of carbonyl (C=O) groups excluding carboxylic acids is 1. The molecule has 0 spiro atoms. The van der Waals surface area contributed by atoms with Crippen molar-refractivity contribution >= 4 is 27.1 Å². The molecule has 0 saturated carbocycles. The van der Waals surface area contributed by atoms with Crippen LogP contribution >= 0.6 is 11.3 Å². The van der Waals surface area contributed by atoms with Crippen molar-refractivity contribution in [2.24, 2.45) is 0 Å². The van der Waals surface area contributed by atoms with Crippen LogP contribution in [0.2, 0.25) is 0 Å². The predicted octanol–water partition coefficient (Wildman–Crippen LogP) is 1.88. The van der Waals surface area contributed by atoms with Crippen LogP contribution < -0.4 is 0 Å². The van der Waals surface area contributed by atoms with Crippen molar-refractivity contribution in [3.63, 3.8) is 0 Å². The summed E-state index contributed by atoms with van der Waals surface area (Å²) in [5.74, 6) is 0.0775. The summed E-state index contributed by atoms with van der Waals surface area (Å²) in [5, 5.41) is -0.480. The number of carbonyl (C=O) groups is 1. The summed E-state index contributed by atoms with van der Waals surface area (Å²) >= 11 is 1.59. The maximum atomic E-state index is 12.6. The van der Waals surface area contributed by atoms with Crippen LogP contribution in [-0.4, -0.2) is 42.8 Å². The summed E-state index contributed by atoms with van der Waals surface area (Å²) in [4.78, 5) is 16.4. The molecule has 4 nitrogen and oxygen atoms in total. The molecule has 1 saturated heterocycles. The van der Waals surface area contributed by atoms with E-state index >= 15 is 0 Å². The second kappa shape index (κ2) is 4.84. The van der Waals surface area contributed by atoms with Crippen molar-refractivity contribution in [1.29, 1.82) is 0 Å². The van der Waals surface area contributed by atoms with E-state index in [1.165, 1.54) is 16.9 Å². The van der Waals surface area contributed by atoms with E-state index in [1.807, 2.05) is 13.0 Å². The van der Waals surface area contributed by atoms with Crippen molar-refractivity contribution in [2.45, 2.75) is 44.4 Å². The smallest absolute Gasteiger partial charge is 0.264 e. The lowest BCUT2D eigenvalue weighted by atomic mass is 10.2. The van der Waals surface area contributed by atoms with Crippen LogP contribution in [0.5, 0.6) is 0 Å². The molecule has 2 atom stereocenters. The van der Waals surface area contributed by atoms with Gasteiger partial charge in [-0.05, 0) is 44.7 Å². The molecule has 0 aromatic carbocycles. The molecule has 20 heavy (non-hydrogen) atoms. The molecule has 1 aromatic rings. The summed E-state index contributed by atoms with van der Waals surface area (Å²) < 4.78 is 23.7.